The summed E-state index contributed by atoms with van der Waals surface area (Å²) >= 11 is 0. The zero-order valence-corrected chi connectivity index (χ0v) is 8.69. The zero-order chi connectivity index (χ0) is 11.7. The molecule has 4 N–H and O–H groups in total. The van der Waals surface area contributed by atoms with Crippen LogP contribution in [0.5, 0.6) is 5.75 Å². The van der Waals surface area contributed by atoms with Gasteiger partial charge in [0.05, 0.1) is 0 Å². The fourth-order valence-corrected chi connectivity index (χ4v) is 2.05. The van der Waals surface area contributed by atoms with Crippen molar-refractivity contribution in [2.75, 3.05) is 0 Å². The molecule has 1 saturated carbocycles. The molecule has 6 heteroatoms. The lowest BCUT2D eigenvalue weighted by atomic mass is 10.1. The van der Waals surface area contributed by atoms with Crippen molar-refractivity contribution >= 4 is 5.91 Å². The highest BCUT2D eigenvalue weighted by molar-refractivity contribution is 5.93. The lowest BCUT2D eigenvalue weighted by molar-refractivity contribution is 0.0991. The Morgan fingerprint density at radius 3 is 2.62 bits per heavy atom. The van der Waals surface area contributed by atoms with Crippen LogP contribution in [0.25, 0.3) is 0 Å². The lowest BCUT2D eigenvalue weighted by Gasteiger charge is -2.09. The van der Waals surface area contributed by atoms with Gasteiger partial charge in [0.1, 0.15) is 5.82 Å². The number of carbonyl (C=O) groups excluding carboxylic acids is 1. The van der Waals surface area contributed by atoms with Crippen molar-refractivity contribution in [1.82, 2.24) is 9.97 Å². The molecule has 0 radical (unpaired) electrons. The Bertz CT molecular complexity index is 475. The van der Waals surface area contributed by atoms with Crippen molar-refractivity contribution in [2.45, 2.75) is 31.6 Å². The molecule has 1 fully saturated rings. The molecule has 1 heterocycles. The highest BCUT2D eigenvalue weighted by Gasteiger charge is 2.23. The number of primary amides is 1. The van der Waals surface area contributed by atoms with E-state index in [1.807, 2.05) is 0 Å². The standard InChI is InChI=1S/C10H13N3O3/c11-8(15)6-7(14)10(16)13-9(12-6)5-3-1-2-4-5/h5,14H,1-4H2,(H2,11,15)(H,12,13,16). The molecule has 0 unspecified atom stereocenters. The Morgan fingerprint density at radius 2 is 2.06 bits per heavy atom. The second kappa shape index (κ2) is 3.96. The van der Waals surface area contributed by atoms with Gasteiger partial charge in [0.15, 0.2) is 5.69 Å². The number of hydrogen-bond acceptors (Lipinski definition) is 4. The monoisotopic (exact) mass is 223 g/mol. The van der Waals surface area contributed by atoms with Gasteiger partial charge in [0.25, 0.3) is 11.5 Å². The van der Waals surface area contributed by atoms with E-state index in [2.05, 4.69) is 9.97 Å². The minimum Gasteiger partial charge on any atom is -0.501 e. The van der Waals surface area contributed by atoms with E-state index in [1.54, 1.807) is 0 Å². The number of H-pyrrole nitrogens is 1. The first-order valence-corrected chi connectivity index (χ1v) is 5.22. The lowest BCUT2D eigenvalue weighted by Crippen LogP contribution is -2.22. The smallest absolute Gasteiger partial charge is 0.293 e. The summed E-state index contributed by atoms with van der Waals surface area (Å²) < 4.78 is 0. The third-order valence-electron chi connectivity index (χ3n) is 2.89. The molecule has 1 amide bonds. The molecular formula is C10H13N3O3. The maximum absolute atomic E-state index is 11.4. The Balaban J connectivity index is 2.47. The molecular weight excluding hydrogens is 210 g/mol. The number of carbonyl (C=O) groups is 1. The molecule has 86 valence electrons. The van der Waals surface area contributed by atoms with E-state index < -0.39 is 17.2 Å². The van der Waals surface area contributed by atoms with Gasteiger partial charge in [-0.15, -0.1) is 0 Å². The maximum atomic E-state index is 11.4. The van der Waals surface area contributed by atoms with Crippen molar-refractivity contribution in [3.05, 3.63) is 21.9 Å². The number of aromatic hydroxyl groups is 1. The molecule has 1 aliphatic carbocycles. The molecule has 0 aliphatic heterocycles. The van der Waals surface area contributed by atoms with Crippen LogP contribution in [-0.4, -0.2) is 21.0 Å². The number of nitrogens with zero attached hydrogens (tertiary/aromatic N) is 1. The first-order chi connectivity index (χ1) is 7.59. The van der Waals surface area contributed by atoms with E-state index in [4.69, 9.17) is 5.73 Å². The third kappa shape index (κ3) is 1.78. The highest BCUT2D eigenvalue weighted by atomic mass is 16.3. The van der Waals surface area contributed by atoms with Gasteiger partial charge < -0.3 is 15.8 Å². The van der Waals surface area contributed by atoms with E-state index in [9.17, 15) is 14.7 Å². The van der Waals surface area contributed by atoms with E-state index in [1.165, 1.54) is 0 Å². The largest absolute Gasteiger partial charge is 0.501 e. The Kier molecular flexibility index (Phi) is 2.64. The quantitative estimate of drug-likeness (QED) is 0.666. The molecule has 1 aromatic heterocycles. The van der Waals surface area contributed by atoms with Crippen LogP contribution in [0.15, 0.2) is 4.79 Å². The molecule has 0 atom stereocenters. The van der Waals surface area contributed by atoms with Crippen molar-refractivity contribution in [3.8, 4) is 5.75 Å². The van der Waals surface area contributed by atoms with Crippen LogP contribution in [0.3, 0.4) is 0 Å². The summed E-state index contributed by atoms with van der Waals surface area (Å²) in [4.78, 5) is 28.8. The zero-order valence-electron chi connectivity index (χ0n) is 8.69. The van der Waals surface area contributed by atoms with Crippen molar-refractivity contribution in [1.29, 1.82) is 0 Å². The number of aromatic amines is 1. The van der Waals surface area contributed by atoms with E-state index in [-0.39, 0.29) is 11.6 Å². The number of nitrogens with one attached hydrogen (secondary N) is 1. The molecule has 6 nitrogen and oxygen atoms in total. The van der Waals surface area contributed by atoms with Gasteiger partial charge in [-0.25, -0.2) is 4.98 Å². The summed E-state index contributed by atoms with van der Waals surface area (Å²) in [6.07, 6.45) is 4.04. The average Bonchev–Trinajstić information content (AvgIpc) is 2.74. The van der Waals surface area contributed by atoms with Crippen LogP contribution < -0.4 is 11.3 Å². The van der Waals surface area contributed by atoms with Crippen LogP contribution in [0.2, 0.25) is 0 Å². The maximum Gasteiger partial charge on any atom is 0.293 e. The molecule has 0 aromatic carbocycles. The highest BCUT2D eigenvalue weighted by Crippen LogP contribution is 2.31. The second-order valence-corrected chi connectivity index (χ2v) is 3.99. The number of nitrogens with two attached hydrogens (primary N) is 1. The van der Waals surface area contributed by atoms with Crippen molar-refractivity contribution in [2.24, 2.45) is 5.73 Å². The molecule has 0 saturated heterocycles. The SMILES string of the molecule is NC(=O)c1nc(C2CCCC2)[nH]c(=O)c1O. The summed E-state index contributed by atoms with van der Waals surface area (Å²) in [7, 11) is 0. The number of hydrogen-bond donors (Lipinski definition) is 3. The van der Waals surface area contributed by atoms with Gasteiger partial charge in [-0.1, -0.05) is 12.8 Å². The summed E-state index contributed by atoms with van der Waals surface area (Å²) in [6.45, 7) is 0. The minimum absolute atomic E-state index is 0.159. The Labute approximate surface area is 91.5 Å². The molecule has 1 aromatic rings. The molecule has 16 heavy (non-hydrogen) atoms. The topological polar surface area (TPSA) is 109 Å². The summed E-state index contributed by atoms with van der Waals surface area (Å²) in [5, 5.41) is 9.33. The third-order valence-corrected chi connectivity index (χ3v) is 2.89. The normalized spacial score (nSPS) is 16.5. The first kappa shape index (κ1) is 10.7. The van der Waals surface area contributed by atoms with E-state index in [0.717, 1.165) is 25.7 Å². The fourth-order valence-electron chi connectivity index (χ4n) is 2.05. The number of aromatic nitrogens is 2. The van der Waals surface area contributed by atoms with Gasteiger partial charge in [0.2, 0.25) is 5.75 Å². The molecule has 0 spiro atoms. The van der Waals surface area contributed by atoms with E-state index >= 15 is 0 Å². The summed E-state index contributed by atoms with van der Waals surface area (Å²) in [5.74, 6) is -0.974. The van der Waals surface area contributed by atoms with Crippen LogP contribution in [0.4, 0.5) is 0 Å². The van der Waals surface area contributed by atoms with Crippen molar-refractivity contribution < 1.29 is 9.90 Å². The van der Waals surface area contributed by atoms with Gasteiger partial charge >= 0.3 is 0 Å². The minimum atomic E-state index is -0.886. The van der Waals surface area contributed by atoms with Crippen LogP contribution in [0, 0.1) is 0 Å². The number of rotatable bonds is 2. The first-order valence-electron chi connectivity index (χ1n) is 5.22. The van der Waals surface area contributed by atoms with Crippen LogP contribution >= 0.6 is 0 Å². The van der Waals surface area contributed by atoms with Crippen molar-refractivity contribution in [3.63, 3.8) is 0 Å². The number of amides is 1. The van der Waals surface area contributed by atoms with Gasteiger partial charge in [0, 0.05) is 5.92 Å². The van der Waals surface area contributed by atoms with Gasteiger partial charge in [-0.3, -0.25) is 9.59 Å². The van der Waals surface area contributed by atoms with Crippen LogP contribution in [0.1, 0.15) is 47.9 Å². The predicted octanol–water partition coefficient (Wildman–Crippen LogP) is 0.232. The Hall–Kier alpha value is -1.85. The Morgan fingerprint density at radius 1 is 1.44 bits per heavy atom. The second-order valence-electron chi connectivity index (χ2n) is 3.99. The van der Waals surface area contributed by atoms with Gasteiger partial charge in [-0.2, -0.15) is 0 Å². The molecule has 2 rings (SSSR count). The molecule has 1 aliphatic rings. The van der Waals surface area contributed by atoms with Crippen LogP contribution in [-0.2, 0) is 0 Å². The average molecular weight is 223 g/mol. The summed E-state index contributed by atoms with van der Waals surface area (Å²) in [5.41, 5.74) is 3.99. The van der Waals surface area contributed by atoms with Gasteiger partial charge in [-0.05, 0) is 12.8 Å². The predicted molar refractivity (Wildman–Crippen MR) is 56.2 cm³/mol. The fraction of sp³-hybridized carbons (Fsp3) is 0.500. The molecule has 0 bridgehead atoms. The summed E-state index contributed by atoms with van der Waals surface area (Å²) in [6, 6.07) is 0. The van der Waals surface area contributed by atoms with E-state index in [0.29, 0.717) is 5.82 Å².